The largest absolute Gasteiger partial charge is 0.490 e. The van der Waals surface area contributed by atoms with E-state index in [0.29, 0.717) is 18.6 Å². The van der Waals surface area contributed by atoms with Gasteiger partial charge in [0.1, 0.15) is 10.6 Å². The van der Waals surface area contributed by atoms with Crippen LogP contribution < -0.4 is 4.74 Å². The van der Waals surface area contributed by atoms with Gasteiger partial charge >= 0.3 is 6.18 Å². The van der Waals surface area contributed by atoms with E-state index in [0.717, 1.165) is 24.3 Å². The highest BCUT2D eigenvalue weighted by molar-refractivity contribution is 7.92. The Morgan fingerprint density at radius 2 is 1.72 bits per heavy atom. The third-order valence-corrected chi connectivity index (χ3v) is 9.32. The summed E-state index contributed by atoms with van der Waals surface area (Å²) in [7, 11) is -4.53. The third kappa shape index (κ3) is 3.22. The van der Waals surface area contributed by atoms with Crippen LogP contribution in [-0.2, 0) is 20.8 Å². The van der Waals surface area contributed by atoms with Gasteiger partial charge in [-0.2, -0.15) is 13.2 Å². The van der Waals surface area contributed by atoms with E-state index in [2.05, 4.69) is 0 Å². The minimum atomic E-state index is -4.66. The second kappa shape index (κ2) is 7.69. The molecule has 2 aliphatic rings. The number of benzene rings is 2. The minimum Gasteiger partial charge on any atom is -0.490 e. The number of fused-ring (bicyclic) bond motifs is 3. The second-order valence-corrected chi connectivity index (χ2v) is 10.5. The molecule has 32 heavy (non-hydrogen) atoms. The summed E-state index contributed by atoms with van der Waals surface area (Å²) in [5, 5.41) is 10.5. The third-order valence-electron chi connectivity index (χ3n) is 6.75. The maximum absolute atomic E-state index is 15.1. The van der Waals surface area contributed by atoms with Crippen molar-refractivity contribution in [3.63, 3.8) is 0 Å². The van der Waals surface area contributed by atoms with E-state index >= 15 is 4.39 Å². The highest BCUT2D eigenvalue weighted by Crippen LogP contribution is 2.58. The van der Waals surface area contributed by atoms with Crippen LogP contribution in [0.3, 0.4) is 0 Å². The minimum absolute atomic E-state index is 0.00423. The van der Waals surface area contributed by atoms with Crippen LogP contribution in [0.15, 0.2) is 41.3 Å². The van der Waals surface area contributed by atoms with E-state index in [1.54, 1.807) is 6.92 Å². The summed E-state index contributed by atoms with van der Waals surface area (Å²) < 4.78 is 100. The van der Waals surface area contributed by atoms with Gasteiger partial charge in [0.05, 0.1) is 28.7 Å². The van der Waals surface area contributed by atoms with Gasteiger partial charge in [0, 0.05) is 5.92 Å². The maximum atomic E-state index is 15.1. The lowest BCUT2D eigenvalue weighted by Gasteiger charge is -2.51. The molecular weight excluding hydrogens is 455 g/mol. The van der Waals surface area contributed by atoms with Crippen LogP contribution in [0.1, 0.15) is 37.3 Å². The molecule has 1 saturated carbocycles. The lowest BCUT2D eigenvalue weighted by atomic mass is 9.65. The Bertz CT molecular complexity index is 1130. The van der Waals surface area contributed by atoms with Gasteiger partial charge < -0.3 is 9.84 Å². The molecule has 0 radical (unpaired) electrons. The number of hydrogen-bond donors (Lipinski definition) is 1. The Kier molecular flexibility index (Phi) is 5.52. The number of halogens is 5. The number of rotatable bonds is 3. The first kappa shape index (κ1) is 23.0. The fraction of sp³-hybridized carbons (Fsp3) is 0.455. The quantitative estimate of drug-likeness (QED) is 0.644. The lowest BCUT2D eigenvalue weighted by Crippen LogP contribution is -2.57. The summed E-state index contributed by atoms with van der Waals surface area (Å²) in [5.41, 5.74) is -1.49. The van der Waals surface area contributed by atoms with Gasteiger partial charge in [0.15, 0.2) is 21.4 Å². The van der Waals surface area contributed by atoms with Crippen LogP contribution in [0.2, 0.25) is 0 Å². The van der Waals surface area contributed by atoms with Crippen LogP contribution in [0.25, 0.3) is 0 Å². The zero-order valence-corrected chi connectivity index (χ0v) is 17.8. The van der Waals surface area contributed by atoms with Gasteiger partial charge in [-0.25, -0.2) is 17.2 Å². The predicted octanol–water partition coefficient (Wildman–Crippen LogP) is 4.84. The summed E-state index contributed by atoms with van der Waals surface area (Å²) in [6.45, 7) is 1.47. The second-order valence-electron chi connectivity index (χ2n) is 8.24. The van der Waals surface area contributed by atoms with E-state index in [9.17, 15) is 31.1 Å². The van der Waals surface area contributed by atoms with E-state index in [-0.39, 0.29) is 19.4 Å². The van der Waals surface area contributed by atoms with Gasteiger partial charge in [-0.15, -0.1) is 0 Å². The molecule has 0 bridgehead atoms. The highest BCUT2D eigenvalue weighted by Gasteiger charge is 2.62. The molecule has 1 aliphatic heterocycles. The van der Waals surface area contributed by atoms with Crippen molar-refractivity contribution in [1.82, 2.24) is 0 Å². The standard InChI is InChI=1S/C22H21F5O4S/c1-2-14-15-11-31-20-17(24)8-7-16(23)19(20)21(15,10-9-18(14)28)32(29,30)13-5-3-12(4-6-13)22(25,26)27/h3-8,14-15,18,28H,2,9-11H2,1H3/t14-,15-,18-,21-/m0/s1. The molecule has 0 aromatic heterocycles. The Balaban J connectivity index is 1.98. The molecule has 0 unspecified atom stereocenters. The van der Waals surface area contributed by atoms with E-state index < -0.39 is 72.1 Å². The summed E-state index contributed by atoms with van der Waals surface area (Å²) in [6.07, 6.45) is -5.40. The van der Waals surface area contributed by atoms with Crippen LogP contribution in [0, 0.1) is 23.5 Å². The molecule has 174 valence electrons. The van der Waals surface area contributed by atoms with E-state index in [1.165, 1.54) is 0 Å². The summed E-state index contributed by atoms with van der Waals surface area (Å²) in [6, 6.07) is 4.62. The molecule has 1 aliphatic carbocycles. The first-order valence-corrected chi connectivity index (χ1v) is 11.6. The van der Waals surface area contributed by atoms with Crippen molar-refractivity contribution in [1.29, 1.82) is 0 Å². The lowest BCUT2D eigenvalue weighted by molar-refractivity contribution is -0.137. The van der Waals surface area contributed by atoms with Crippen molar-refractivity contribution in [2.24, 2.45) is 11.8 Å². The van der Waals surface area contributed by atoms with Crippen molar-refractivity contribution >= 4 is 9.84 Å². The monoisotopic (exact) mass is 476 g/mol. The molecule has 2 aromatic carbocycles. The van der Waals surface area contributed by atoms with Gasteiger partial charge in [0.2, 0.25) is 0 Å². The molecule has 1 fully saturated rings. The number of sulfone groups is 1. The number of hydrogen-bond acceptors (Lipinski definition) is 4. The fourth-order valence-electron chi connectivity index (χ4n) is 5.24. The van der Waals surface area contributed by atoms with Crippen molar-refractivity contribution < 1.29 is 40.2 Å². The Morgan fingerprint density at radius 1 is 1.09 bits per heavy atom. The average molecular weight is 476 g/mol. The van der Waals surface area contributed by atoms with E-state index in [1.807, 2.05) is 0 Å². The van der Waals surface area contributed by atoms with Crippen LogP contribution >= 0.6 is 0 Å². The summed E-state index contributed by atoms with van der Waals surface area (Å²) in [5.74, 6) is -3.94. The zero-order valence-electron chi connectivity index (χ0n) is 17.0. The fourth-order valence-corrected chi connectivity index (χ4v) is 7.65. The van der Waals surface area contributed by atoms with Crippen LogP contribution in [-0.4, -0.2) is 26.2 Å². The predicted molar refractivity (Wildman–Crippen MR) is 105 cm³/mol. The van der Waals surface area contributed by atoms with Gasteiger partial charge in [0.25, 0.3) is 0 Å². The first-order valence-electron chi connectivity index (χ1n) is 10.2. The van der Waals surface area contributed by atoms with Crippen molar-refractivity contribution in [2.45, 2.75) is 48.1 Å². The number of aliphatic hydroxyl groups excluding tert-OH is 1. The smallest absolute Gasteiger partial charge is 0.416 e. The normalized spacial score (nSPS) is 27.9. The van der Waals surface area contributed by atoms with Crippen molar-refractivity contribution in [2.75, 3.05) is 6.61 Å². The molecule has 0 spiro atoms. The molecule has 10 heteroatoms. The Hall–Kier alpha value is -2.20. The molecule has 0 saturated heterocycles. The van der Waals surface area contributed by atoms with Crippen LogP contribution in [0.5, 0.6) is 5.75 Å². The molecular formula is C22H21F5O4S. The number of ether oxygens (including phenoxy) is 1. The zero-order chi connectivity index (χ0) is 23.5. The van der Waals surface area contributed by atoms with Gasteiger partial charge in [-0.05, 0) is 55.2 Å². The molecule has 1 heterocycles. The molecule has 4 rings (SSSR count). The van der Waals surface area contributed by atoms with Crippen molar-refractivity contribution in [3.05, 3.63) is 59.2 Å². The number of aliphatic hydroxyl groups is 1. The van der Waals surface area contributed by atoms with E-state index in [4.69, 9.17) is 4.74 Å². The molecule has 2 aromatic rings. The van der Waals surface area contributed by atoms with Gasteiger partial charge in [-0.3, -0.25) is 0 Å². The van der Waals surface area contributed by atoms with Gasteiger partial charge in [-0.1, -0.05) is 13.3 Å². The van der Waals surface area contributed by atoms with Crippen LogP contribution in [0.4, 0.5) is 22.0 Å². The maximum Gasteiger partial charge on any atom is 0.416 e. The molecule has 0 amide bonds. The molecule has 1 N–H and O–H groups in total. The molecule has 4 nitrogen and oxygen atoms in total. The first-order chi connectivity index (χ1) is 14.9. The van der Waals surface area contributed by atoms with Crippen molar-refractivity contribution in [3.8, 4) is 5.75 Å². The summed E-state index contributed by atoms with van der Waals surface area (Å²) in [4.78, 5) is -0.432. The average Bonchev–Trinajstić information content (AvgIpc) is 2.75. The Morgan fingerprint density at radius 3 is 2.31 bits per heavy atom. The SMILES string of the molecule is CC[C@@H]1[C@@H](O)CC[C@@]2(S(=O)(=O)c3ccc(C(F)(F)F)cc3)c3c(F)ccc(F)c3OC[C@@H]12. The topological polar surface area (TPSA) is 63.6 Å². The molecule has 4 atom stereocenters. The summed E-state index contributed by atoms with van der Waals surface area (Å²) >= 11 is 0. The number of alkyl halides is 3. The highest BCUT2D eigenvalue weighted by atomic mass is 32.2. The Labute approximate surface area is 181 Å².